The summed E-state index contributed by atoms with van der Waals surface area (Å²) in [5, 5.41) is 6.46. The first-order chi connectivity index (χ1) is 12.0. The quantitative estimate of drug-likeness (QED) is 0.489. The van der Waals surface area contributed by atoms with Crippen LogP contribution in [0.25, 0.3) is 0 Å². The molecule has 0 saturated heterocycles. The lowest BCUT2D eigenvalue weighted by Crippen LogP contribution is -2.35. The van der Waals surface area contributed by atoms with Crippen LogP contribution in [0.15, 0.2) is 47.6 Å². The fraction of sp³-hybridized carbons (Fsp3) is 0.167. The lowest BCUT2D eigenvalue weighted by atomic mass is 10.1. The number of hydrogen-bond donors (Lipinski definition) is 2. The Labute approximate surface area is 150 Å². The van der Waals surface area contributed by atoms with Gasteiger partial charge in [0.2, 0.25) is 0 Å². The second-order valence-electron chi connectivity index (χ2n) is 5.23. The second kappa shape index (κ2) is 8.84. The first kappa shape index (κ1) is 18.5. The van der Waals surface area contributed by atoms with Crippen molar-refractivity contribution in [2.75, 3.05) is 7.05 Å². The third-order valence-electron chi connectivity index (χ3n) is 3.29. The molecule has 2 rings (SSSR count). The third kappa shape index (κ3) is 5.61. The zero-order valence-electron chi connectivity index (χ0n) is 13.9. The van der Waals surface area contributed by atoms with Crippen LogP contribution in [0.3, 0.4) is 0 Å². The van der Waals surface area contributed by atoms with Crippen molar-refractivity contribution in [2.45, 2.75) is 13.5 Å². The number of hydrogen-bond acceptors (Lipinski definition) is 4. The summed E-state index contributed by atoms with van der Waals surface area (Å²) in [6, 6.07) is 13.1. The Morgan fingerprint density at radius 1 is 1.16 bits per heavy atom. The minimum Gasteiger partial charge on any atom is -0.488 e. The molecule has 0 saturated carbocycles. The summed E-state index contributed by atoms with van der Waals surface area (Å²) in [7, 11) is 1.36. The Kier molecular flexibility index (Phi) is 6.54. The van der Waals surface area contributed by atoms with Gasteiger partial charge in [0.05, 0.1) is 6.21 Å². The van der Waals surface area contributed by atoms with E-state index in [4.69, 9.17) is 16.3 Å². The van der Waals surface area contributed by atoms with Crippen molar-refractivity contribution in [1.29, 1.82) is 0 Å². The van der Waals surface area contributed by atoms with Gasteiger partial charge in [-0.25, -0.2) is 5.43 Å². The molecular weight excluding hydrogens is 342 g/mol. The zero-order valence-corrected chi connectivity index (χ0v) is 14.6. The average Bonchev–Trinajstić information content (AvgIpc) is 2.61. The van der Waals surface area contributed by atoms with E-state index in [1.165, 1.54) is 18.8 Å². The highest BCUT2D eigenvalue weighted by Crippen LogP contribution is 2.22. The molecule has 0 unspecified atom stereocenters. The van der Waals surface area contributed by atoms with Gasteiger partial charge in [0.15, 0.2) is 0 Å². The third-order valence-corrected chi connectivity index (χ3v) is 3.52. The van der Waals surface area contributed by atoms with Crippen LogP contribution in [0, 0.1) is 6.92 Å². The van der Waals surface area contributed by atoms with Crippen molar-refractivity contribution >= 4 is 29.6 Å². The maximum atomic E-state index is 11.4. The standard InChI is InChI=1S/C18H18ClN3O3/c1-12-3-5-13(6-4-12)11-25-16-8-7-15(19)9-14(16)10-21-22-18(24)17(23)20-2/h3-10H,11H2,1-2H3,(H,20,23)(H,22,24)/b21-10-. The SMILES string of the molecule is CNC(=O)C(=O)N/N=C\c1cc(Cl)ccc1OCc1ccc(C)cc1. The van der Waals surface area contributed by atoms with Crippen molar-refractivity contribution in [3.8, 4) is 5.75 Å². The molecule has 0 aromatic heterocycles. The van der Waals surface area contributed by atoms with Gasteiger partial charge in [-0.15, -0.1) is 0 Å². The maximum absolute atomic E-state index is 11.4. The van der Waals surface area contributed by atoms with E-state index in [1.807, 2.05) is 31.2 Å². The molecule has 25 heavy (non-hydrogen) atoms. The van der Waals surface area contributed by atoms with E-state index in [0.717, 1.165) is 5.56 Å². The molecular formula is C18H18ClN3O3. The predicted octanol–water partition coefficient (Wildman–Crippen LogP) is 2.42. The Balaban J connectivity index is 2.07. The minimum absolute atomic E-state index is 0.382. The number of benzene rings is 2. The van der Waals surface area contributed by atoms with Crippen LogP contribution in [-0.4, -0.2) is 25.1 Å². The molecule has 2 aromatic rings. The number of rotatable bonds is 5. The smallest absolute Gasteiger partial charge is 0.329 e. The van der Waals surface area contributed by atoms with E-state index in [1.54, 1.807) is 18.2 Å². The predicted molar refractivity (Wildman–Crippen MR) is 96.8 cm³/mol. The highest BCUT2D eigenvalue weighted by atomic mass is 35.5. The van der Waals surface area contributed by atoms with E-state index >= 15 is 0 Å². The Morgan fingerprint density at radius 2 is 1.88 bits per heavy atom. The topological polar surface area (TPSA) is 79.8 Å². The summed E-state index contributed by atoms with van der Waals surface area (Å²) in [5.41, 5.74) is 4.91. The Hall–Kier alpha value is -2.86. The molecule has 2 N–H and O–H groups in total. The first-order valence-electron chi connectivity index (χ1n) is 7.52. The van der Waals surface area contributed by atoms with Gasteiger partial charge in [-0.3, -0.25) is 9.59 Å². The monoisotopic (exact) mass is 359 g/mol. The number of nitrogens with one attached hydrogen (secondary N) is 2. The molecule has 0 fully saturated rings. The van der Waals surface area contributed by atoms with E-state index in [-0.39, 0.29) is 0 Å². The molecule has 0 bridgehead atoms. The molecule has 7 heteroatoms. The van der Waals surface area contributed by atoms with Crippen molar-refractivity contribution in [3.63, 3.8) is 0 Å². The van der Waals surface area contributed by atoms with Crippen LogP contribution in [0.2, 0.25) is 5.02 Å². The molecule has 0 radical (unpaired) electrons. The number of nitrogens with zero attached hydrogens (tertiary/aromatic N) is 1. The molecule has 0 aliphatic carbocycles. The van der Waals surface area contributed by atoms with Crippen LogP contribution in [0.4, 0.5) is 0 Å². The lowest BCUT2D eigenvalue weighted by molar-refractivity contribution is -0.138. The number of amides is 2. The summed E-state index contributed by atoms with van der Waals surface area (Å²) in [4.78, 5) is 22.5. The first-order valence-corrected chi connectivity index (χ1v) is 7.90. The van der Waals surface area contributed by atoms with E-state index in [2.05, 4.69) is 15.8 Å². The van der Waals surface area contributed by atoms with Crippen molar-refractivity contribution in [3.05, 3.63) is 64.2 Å². The van der Waals surface area contributed by atoms with Gasteiger partial charge >= 0.3 is 11.8 Å². The molecule has 6 nitrogen and oxygen atoms in total. The lowest BCUT2D eigenvalue weighted by Gasteiger charge is -2.10. The van der Waals surface area contributed by atoms with E-state index < -0.39 is 11.8 Å². The van der Waals surface area contributed by atoms with Gasteiger partial charge in [0, 0.05) is 17.6 Å². The van der Waals surface area contributed by atoms with Crippen LogP contribution in [0.1, 0.15) is 16.7 Å². The van der Waals surface area contributed by atoms with E-state index in [9.17, 15) is 9.59 Å². The zero-order chi connectivity index (χ0) is 18.2. The highest BCUT2D eigenvalue weighted by molar-refractivity contribution is 6.35. The van der Waals surface area contributed by atoms with Gasteiger partial charge in [-0.2, -0.15) is 5.10 Å². The maximum Gasteiger partial charge on any atom is 0.329 e. The Morgan fingerprint density at radius 3 is 2.56 bits per heavy atom. The number of ether oxygens (including phenoxy) is 1. The van der Waals surface area contributed by atoms with Gasteiger partial charge in [-0.05, 0) is 30.7 Å². The van der Waals surface area contributed by atoms with Crippen LogP contribution >= 0.6 is 11.6 Å². The van der Waals surface area contributed by atoms with E-state index in [0.29, 0.717) is 22.9 Å². The van der Waals surface area contributed by atoms with Gasteiger partial charge in [0.1, 0.15) is 12.4 Å². The summed E-state index contributed by atoms with van der Waals surface area (Å²) in [6.07, 6.45) is 1.37. The van der Waals surface area contributed by atoms with Gasteiger partial charge < -0.3 is 10.1 Å². The number of carbonyl (C=O) groups is 2. The molecule has 0 heterocycles. The fourth-order valence-electron chi connectivity index (χ4n) is 1.92. The van der Waals surface area contributed by atoms with Crippen molar-refractivity contribution < 1.29 is 14.3 Å². The number of likely N-dealkylation sites (N-methyl/N-ethyl adjacent to an activating group) is 1. The van der Waals surface area contributed by atoms with Gasteiger partial charge in [-0.1, -0.05) is 41.4 Å². The molecule has 0 spiro atoms. The second-order valence-corrected chi connectivity index (χ2v) is 5.67. The summed E-state index contributed by atoms with van der Waals surface area (Å²) < 4.78 is 5.80. The number of carbonyl (C=O) groups excluding carboxylic acids is 2. The number of aryl methyl sites for hydroxylation is 1. The number of hydrazone groups is 1. The van der Waals surface area contributed by atoms with Crippen molar-refractivity contribution in [2.24, 2.45) is 5.10 Å². The molecule has 0 aliphatic heterocycles. The summed E-state index contributed by atoms with van der Waals surface area (Å²) in [6.45, 7) is 2.40. The average molecular weight is 360 g/mol. The molecule has 2 aromatic carbocycles. The fourth-order valence-corrected chi connectivity index (χ4v) is 2.10. The Bertz CT molecular complexity index is 789. The van der Waals surface area contributed by atoms with Gasteiger partial charge in [0.25, 0.3) is 0 Å². The highest BCUT2D eigenvalue weighted by Gasteiger charge is 2.09. The molecule has 0 aliphatic rings. The minimum atomic E-state index is -0.858. The van der Waals surface area contributed by atoms with Crippen LogP contribution < -0.4 is 15.5 Å². The number of halogens is 1. The summed E-state index contributed by atoms with van der Waals surface area (Å²) in [5.74, 6) is -1.08. The van der Waals surface area contributed by atoms with Crippen LogP contribution in [-0.2, 0) is 16.2 Å². The summed E-state index contributed by atoms with van der Waals surface area (Å²) >= 11 is 6.00. The largest absolute Gasteiger partial charge is 0.488 e. The van der Waals surface area contributed by atoms with Crippen LogP contribution in [0.5, 0.6) is 5.75 Å². The molecule has 2 amide bonds. The normalized spacial score (nSPS) is 10.5. The van der Waals surface area contributed by atoms with Crippen molar-refractivity contribution in [1.82, 2.24) is 10.7 Å². The molecule has 130 valence electrons. The molecule has 0 atom stereocenters.